The SMILES string of the molecule is Nc1c(Cl)nc2cccc(Cc3cccc(Cn4cccn4)c3)c2c1N. The number of hydrogen-bond donors (Lipinski definition) is 2. The number of anilines is 2. The molecule has 2 aromatic heterocycles. The van der Waals surface area contributed by atoms with Gasteiger partial charge in [0.05, 0.1) is 23.4 Å². The van der Waals surface area contributed by atoms with Gasteiger partial charge in [0, 0.05) is 17.8 Å². The number of pyridine rings is 1. The normalized spacial score (nSPS) is 11.1. The maximum Gasteiger partial charge on any atom is 0.154 e. The topological polar surface area (TPSA) is 82.8 Å². The number of fused-ring (bicyclic) bond motifs is 1. The summed E-state index contributed by atoms with van der Waals surface area (Å²) in [5.41, 5.74) is 17.3. The van der Waals surface area contributed by atoms with Crippen molar-refractivity contribution in [3.63, 3.8) is 0 Å². The van der Waals surface area contributed by atoms with Crippen LogP contribution in [0.15, 0.2) is 60.9 Å². The summed E-state index contributed by atoms with van der Waals surface area (Å²) < 4.78 is 1.90. The molecule has 0 atom stereocenters. The fraction of sp³-hybridized carbons (Fsp3) is 0.100. The van der Waals surface area contributed by atoms with Gasteiger partial charge in [0.25, 0.3) is 0 Å². The van der Waals surface area contributed by atoms with Crippen LogP contribution >= 0.6 is 11.6 Å². The molecule has 0 bridgehead atoms. The molecule has 0 aliphatic carbocycles. The molecule has 0 saturated carbocycles. The van der Waals surface area contributed by atoms with Crippen molar-refractivity contribution in [1.82, 2.24) is 14.8 Å². The molecule has 0 spiro atoms. The Bertz CT molecular complexity index is 1070. The van der Waals surface area contributed by atoms with Gasteiger partial charge >= 0.3 is 0 Å². The molecule has 0 radical (unpaired) electrons. The minimum atomic E-state index is 0.244. The second-order valence-electron chi connectivity index (χ2n) is 6.24. The van der Waals surface area contributed by atoms with Crippen molar-refractivity contribution in [1.29, 1.82) is 0 Å². The first kappa shape index (κ1) is 16.4. The molecular formula is C20H18ClN5. The van der Waals surface area contributed by atoms with E-state index in [9.17, 15) is 0 Å². The largest absolute Gasteiger partial charge is 0.396 e. The van der Waals surface area contributed by atoms with Crippen LogP contribution in [-0.2, 0) is 13.0 Å². The molecule has 4 aromatic rings. The van der Waals surface area contributed by atoms with Crippen LogP contribution in [0.5, 0.6) is 0 Å². The van der Waals surface area contributed by atoms with Crippen molar-refractivity contribution in [2.24, 2.45) is 0 Å². The summed E-state index contributed by atoms with van der Waals surface area (Å²) >= 11 is 6.07. The number of benzene rings is 2. The summed E-state index contributed by atoms with van der Waals surface area (Å²) in [5.74, 6) is 0. The van der Waals surface area contributed by atoms with Crippen LogP contribution in [0.25, 0.3) is 10.9 Å². The zero-order valence-electron chi connectivity index (χ0n) is 14.1. The highest BCUT2D eigenvalue weighted by Crippen LogP contribution is 2.33. The van der Waals surface area contributed by atoms with E-state index in [2.05, 4.69) is 34.3 Å². The average Bonchev–Trinajstić information content (AvgIpc) is 3.13. The molecule has 0 fully saturated rings. The summed E-state index contributed by atoms with van der Waals surface area (Å²) in [6.07, 6.45) is 4.47. The van der Waals surface area contributed by atoms with Crippen molar-refractivity contribution in [2.45, 2.75) is 13.0 Å². The molecule has 0 saturated heterocycles. The van der Waals surface area contributed by atoms with Gasteiger partial charge in [-0.2, -0.15) is 5.10 Å². The average molecular weight is 364 g/mol. The van der Waals surface area contributed by atoms with Crippen molar-refractivity contribution in [3.05, 3.63) is 82.8 Å². The Morgan fingerprint density at radius 1 is 0.962 bits per heavy atom. The first-order chi connectivity index (χ1) is 12.6. The van der Waals surface area contributed by atoms with E-state index in [1.807, 2.05) is 35.1 Å². The number of nitrogens with two attached hydrogens (primary N) is 2. The van der Waals surface area contributed by atoms with Crippen LogP contribution < -0.4 is 11.5 Å². The van der Waals surface area contributed by atoms with E-state index in [0.717, 1.165) is 29.4 Å². The van der Waals surface area contributed by atoms with Gasteiger partial charge in [0.2, 0.25) is 0 Å². The Morgan fingerprint density at radius 3 is 2.58 bits per heavy atom. The van der Waals surface area contributed by atoms with Gasteiger partial charge in [-0.25, -0.2) is 4.98 Å². The second kappa shape index (κ2) is 6.69. The van der Waals surface area contributed by atoms with E-state index in [-0.39, 0.29) is 5.15 Å². The van der Waals surface area contributed by atoms with Gasteiger partial charge in [0.15, 0.2) is 5.15 Å². The number of rotatable bonds is 4. The van der Waals surface area contributed by atoms with Crippen LogP contribution in [-0.4, -0.2) is 14.8 Å². The molecule has 26 heavy (non-hydrogen) atoms. The van der Waals surface area contributed by atoms with E-state index in [0.29, 0.717) is 11.4 Å². The number of nitrogen functional groups attached to an aromatic ring is 2. The highest BCUT2D eigenvalue weighted by atomic mass is 35.5. The minimum Gasteiger partial charge on any atom is -0.396 e. The lowest BCUT2D eigenvalue weighted by Crippen LogP contribution is -2.02. The zero-order chi connectivity index (χ0) is 18.1. The van der Waals surface area contributed by atoms with Crippen molar-refractivity contribution in [3.8, 4) is 0 Å². The van der Waals surface area contributed by atoms with Crippen LogP contribution in [0.1, 0.15) is 16.7 Å². The van der Waals surface area contributed by atoms with Crippen LogP contribution in [0.3, 0.4) is 0 Å². The molecule has 4 rings (SSSR count). The molecule has 0 aliphatic heterocycles. The molecule has 0 amide bonds. The van der Waals surface area contributed by atoms with Gasteiger partial charge in [0.1, 0.15) is 0 Å². The third-order valence-electron chi connectivity index (χ3n) is 4.42. The van der Waals surface area contributed by atoms with E-state index >= 15 is 0 Å². The van der Waals surface area contributed by atoms with Crippen molar-refractivity contribution < 1.29 is 0 Å². The lowest BCUT2D eigenvalue weighted by molar-refractivity contribution is 0.686. The van der Waals surface area contributed by atoms with E-state index in [1.165, 1.54) is 11.1 Å². The fourth-order valence-electron chi connectivity index (χ4n) is 3.19. The van der Waals surface area contributed by atoms with E-state index in [1.54, 1.807) is 6.20 Å². The van der Waals surface area contributed by atoms with Gasteiger partial charge < -0.3 is 11.5 Å². The Labute approximate surface area is 156 Å². The van der Waals surface area contributed by atoms with E-state index < -0.39 is 0 Å². The Hall–Kier alpha value is -3.05. The van der Waals surface area contributed by atoms with Gasteiger partial charge in [-0.1, -0.05) is 48.0 Å². The predicted octanol–water partition coefficient (Wildman–Crippen LogP) is 3.89. The van der Waals surface area contributed by atoms with Crippen LogP contribution in [0, 0.1) is 0 Å². The van der Waals surface area contributed by atoms with Crippen molar-refractivity contribution >= 4 is 33.9 Å². The first-order valence-corrected chi connectivity index (χ1v) is 8.67. The fourth-order valence-corrected chi connectivity index (χ4v) is 3.38. The molecule has 0 unspecified atom stereocenters. The minimum absolute atomic E-state index is 0.244. The molecule has 4 N–H and O–H groups in total. The van der Waals surface area contributed by atoms with Gasteiger partial charge in [-0.15, -0.1) is 0 Å². The van der Waals surface area contributed by atoms with Crippen molar-refractivity contribution in [2.75, 3.05) is 11.5 Å². The smallest absolute Gasteiger partial charge is 0.154 e. The molecular weight excluding hydrogens is 346 g/mol. The van der Waals surface area contributed by atoms with Gasteiger partial charge in [-0.3, -0.25) is 4.68 Å². The zero-order valence-corrected chi connectivity index (χ0v) is 14.8. The highest BCUT2D eigenvalue weighted by Gasteiger charge is 2.12. The molecule has 2 heterocycles. The van der Waals surface area contributed by atoms with Crippen LogP contribution in [0.2, 0.25) is 5.15 Å². The van der Waals surface area contributed by atoms with Crippen LogP contribution in [0.4, 0.5) is 11.4 Å². The predicted molar refractivity (Wildman–Crippen MR) is 106 cm³/mol. The quantitative estimate of drug-likeness (QED) is 0.539. The Balaban J connectivity index is 1.70. The molecule has 2 aromatic carbocycles. The maximum atomic E-state index is 6.23. The number of halogens is 1. The number of nitrogens with zero attached hydrogens (tertiary/aromatic N) is 3. The summed E-state index contributed by atoms with van der Waals surface area (Å²) in [7, 11) is 0. The molecule has 6 heteroatoms. The lowest BCUT2D eigenvalue weighted by Gasteiger charge is -2.12. The molecule has 130 valence electrons. The van der Waals surface area contributed by atoms with E-state index in [4.69, 9.17) is 23.1 Å². The first-order valence-electron chi connectivity index (χ1n) is 8.29. The Morgan fingerprint density at radius 2 is 1.77 bits per heavy atom. The summed E-state index contributed by atoms with van der Waals surface area (Å²) in [4.78, 5) is 4.35. The molecule has 0 aliphatic rings. The molecule has 5 nitrogen and oxygen atoms in total. The van der Waals surface area contributed by atoms with Gasteiger partial charge in [-0.05, 0) is 35.2 Å². The number of aromatic nitrogens is 3. The summed E-state index contributed by atoms with van der Waals surface area (Å²) in [5, 5.41) is 5.37. The third-order valence-corrected chi connectivity index (χ3v) is 4.71. The summed E-state index contributed by atoms with van der Waals surface area (Å²) in [6, 6.07) is 16.3. The Kier molecular flexibility index (Phi) is 4.22. The maximum absolute atomic E-state index is 6.23. The third kappa shape index (κ3) is 3.09. The summed E-state index contributed by atoms with van der Waals surface area (Å²) in [6.45, 7) is 0.739. The standard InChI is InChI=1S/C20H18ClN5/c21-20-19(23)18(22)17-15(6-2-7-16(17)25-20)11-13-4-1-5-14(10-13)12-26-9-3-8-24-26/h1-10H,11-12,23H2,(H2,22,25). The number of hydrogen-bond acceptors (Lipinski definition) is 4. The lowest BCUT2D eigenvalue weighted by atomic mass is 9.98. The highest BCUT2D eigenvalue weighted by molar-refractivity contribution is 6.33. The monoisotopic (exact) mass is 363 g/mol. The second-order valence-corrected chi connectivity index (χ2v) is 6.60.